The maximum absolute atomic E-state index is 11.2. The van der Waals surface area contributed by atoms with Crippen LogP contribution in [-0.4, -0.2) is 37.4 Å². The van der Waals surface area contributed by atoms with E-state index >= 15 is 0 Å². The average Bonchev–Trinajstić information content (AvgIpc) is 2.78. The lowest BCUT2D eigenvalue weighted by Crippen LogP contribution is -2.08. The monoisotopic (exact) mass is 243 g/mol. The first kappa shape index (κ1) is 13.5. The van der Waals surface area contributed by atoms with Crippen molar-refractivity contribution < 1.29 is 23.4 Å². The molecule has 0 radical (unpaired) electrons. The Balaban J connectivity index is 2.28. The molecule has 6 nitrogen and oxygen atoms in total. The van der Waals surface area contributed by atoms with Gasteiger partial charge >= 0.3 is 12.0 Å². The van der Waals surface area contributed by atoms with Crippen LogP contribution in [0, 0.1) is 0 Å². The van der Waals surface area contributed by atoms with Gasteiger partial charge in [0.1, 0.15) is 12.9 Å². The van der Waals surface area contributed by atoms with Gasteiger partial charge in [-0.2, -0.15) is 4.98 Å². The number of nitrogens with zero attached hydrogens (tertiary/aromatic N) is 1. The van der Waals surface area contributed by atoms with Crippen LogP contribution in [0.3, 0.4) is 0 Å². The highest BCUT2D eigenvalue weighted by atomic mass is 16.6. The lowest BCUT2D eigenvalue weighted by Gasteiger charge is -2.01. The van der Waals surface area contributed by atoms with Crippen LogP contribution in [0.2, 0.25) is 0 Å². The first-order chi connectivity index (χ1) is 8.27. The van der Waals surface area contributed by atoms with Crippen LogP contribution in [0.5, 0.6) is 6.08 Å². The van der Waals surface area contributed by atoms with E-state index in [2.05, 4.69) is 4.98 Å². The van der Waals surface area contributed by atoms with Crippen LogP contribution in [0.15, 0.2) is 10.7 Å². The highest BCUT2D eigenvalue weighted by Crippen LogP contribution is 2.10. The Labute approximate surface area is 99.9 Å². The molecule has 6 heteroatoms. The summed E-state index contributed by atoms with van der Waals surface area (Å²) >= 11 is 0. The predicted molar refractivity (Wildman–Crippen MR) is 59.1 cm³/mol. The number of ether oxygens (including phenoxy) is 3. The fraction of sp³-hybridized carbons (Fsp3) is 0.636. The van der Waals surface area contributed by atoms with E-state index in [4.69, 9.17) is 18.6 Å². The average molecular weight is 243 g/mol. The Morgan fingerprint density at radius 3 is 2.88 bits per heavy atom. The Kier molecular flexibility index (Phi) is 6.09. The summed E-state index contributed by atoms with van der Waals surface area (Å²) in [4.78, 5) is 15.1. The van der Waals surface area contributed by atoms with Crippen molar-refractivity contribution in [3.8, 4) is 6.08 Å². The van der Waals surface area contributed by atoms with E-state index in [9.17, 15) is 4.79 Å². The van der Waals surface area contributed by atoms with Crippen molar-refractivity contribution in [3.05, 3.63) is 12.0 Å². The molecule has 0 unspecified atom stereocenters. The van der Waals surface area contributed by atoms with E-state index in [0.29, 0.717) is 26.4 Å². The molecule has 17 heavy (non-hydrogen) atoms. The Bertz CT molecular complexity index is 336. The number of oxazole rings is 1. The molecule has 0 aliphatic carbocycles. The van der Waals surface area contributed by atoms with Crippen molar-refractivity contribution in [1.82, 2.24) is 4.98 Å². The molecular formula is C11H17NO5. The van der Waals surface area contributed by atoms with Crippen molar-refractivity contribution in [2.75, 3.05) is 26.4 Å². The molecule has 0 saturated carbocycles. The molecule has 0 atom stereocenters. The molecule has 0 amide bonds. The quantitative estimate of drug-likeness (QED) is 0.510. The maximum Gasteiger partial charge on any atom is 0.394 e. The van der Waals surface area contributed by atoms with Crippen molar-refractivity contribution in [1.29, 1.82) is 0 Å². The lowest BCUT2D eigenvalue weighted by molar-refractivity contribution is 0.0519. The van der Waals surface area contributed by atoms with Gasteiger partial charge in [0.15, 0.2) is 5.69 Å². The smallest absolute Gasteiger partial charge is 0.394 e. The Hall–Kier alpha value is -1.56. The van der Waals surface area contributed by atoms with E-state index in [-0.39, 0.29) is 11.8 Å². The summed E-state index contributed by atoms with van der Waals surface area (Å²) in [6, 6.07) is 0. The van der Waals surface area contributed by atoms with Gasteiger partial charge < -0.3 is 18.6 Å². The number of carbonyl (C=O) groups excluding carboxylic acids is 1. The molecule has 1 rings (SSSR count). The third-order valence-electron chi connectivity index (χ3n) is 1.77. The maximum atomic E-state index is 11.2. The summed E-state index contributed by atoms with van der Waals surface area (Å²) < 4.78 is 20.1. The molecule has 0 N–H and O–H groups in total. The molecule has 0 spiro atoms. The number of rotatable bonds is 8. The van der Waals surface area contributed by atoms with Gasteiger partial charge in [0.05, 0.1) is 13.2 Å². The summed E-state index contributed by atoms with van der Waals surface area (Å²) in [7, 11) is 0. The van der Waals surface area contributed by atoms with Gasteiger partial charge in [-0.25, -0.2) is 4.79 Å². The van der Waals surface area contributed by atoms with Gasteiger partial charge in [-0.05, 0) is 13.3 Å². The summed E-state index contributed by atoms with van der Waals surface area (Å²) in [5, 5.41) is 0. The molecule has 0 bridgehead atoms. The van der Waals surface area contributed by atoms with Gasteiger partial charge in [-0.3, -0.25) is 0 Å². The zero-order valence-corrected chi connectivity index (χ0v) is 10.1. The van der Waals surface area contributed by atoms with Gasteiger partial charge in [0.25, 0.3) is 0 Å². The molecule has 0 fully saturated rings. The van der Waals surface area contributed by atoms with Gasteiger partial charge in [-0.1, -0.05) is 6.92 Å². The third-order valence-corrected chi connectivity index (χ3v) is 1.77. The minimum absolute atomic E-state index is 0.0492. The molecule has 1 heterocycles. The van der Waals surface area contributed by atoms with Crippen LogP contribution in [0.4, 0.5) is 0 Å². The minimum atomic E-state index is -0.520. The number of aromatic nitrogens is 1. The molecule has 1 aromatic rings. The van der Waals surface area contributed by atoms with Crippen molar-refractivity contribution >= 4 is 5.97 Å². The van der Waals surface area contributed by atoms with E-state index in [1.807, 2.05) is 6.92 Å². The fourth-order valence-corrected chi connectivity index (χ4v) is 1.06. The number of esters is 1. The fourth-order valence-electron chi connectivity index (χ4n) is 1.06. The summed E-state index contributed by atoms with van der Waals surface area (Å²) in [5.74, 6) is -0.520. The van der Waals surface area contributed by atoms with Gasteiger partial charge in [-0.15, -0.1) is 0 Å². The van der Waals surface area contributed by atoms with Gasteiger partial charge in [0, 0.05) is 6.61 Å². The van der Waals surface area contributed by atoms with E-state index in [0.717, 1.165) is 6.42 Å². The summed E-state index contributed by atoms with van der Waals surface area (Å²) in [6.45, 7) is 5.55. The topological polar surface area (TPSA) is 70.8 Å². The molecule has 0 aliphatic rings. The second-order valence-corrected chi connectivity index (χ2v) is 3.18. The van der Waals surface area contributed by atoms with E-state index in [1.165, 1.54) is 6.26 Å². The van der Waals surface area contributed by atoms with Crippen LogP contribution in [0.1, 0.15) is 30.8 Å². The van der Waals surface area contributed by atoms with E-state index < -0.39 is 5.97 Å². The first-order valence-electron chi connectivity index (χ1n) is 5.61. The van der Waals surface area contributed by atoms with Gasteiger partial charge in [0.2, 0.25) is 0 Å². The summed E-state index contributed by atoms with van der Waals surface area (Å²) in [6.07, 6.45) is 2.22. The second kappa shape index (κ2) is 7.67. The Morgan fingerprint density at radius 2 is 2.18 bits per heavy atom. The lowest BCUT2D eigenvalue weighted by atomic mass is 10.5. The predicted octanol–water partition coefficient (Wildman–Crippen LogP) is 1.66. The molecule has 0 aliphatic heterocycles. The van der Waals surface area contributed by atoms with Crippen LogP contribution in [0.25, 0.3) is 0 Å². The summed E-state index contributed by atoms with van der Waals surface area (Å²) in [5.41, 5.74) is 0.108. The number of carbonyl (C=O) groups is 1. The number of hydrogen-bond donors (Lipinski definition) is 0. The SMILES string of the molecule is CCCOCCOc1nc(C(=O)OCC)co1. The highest BCUT2D eigenvalue weighted by molar-refractivity contribution is 5.86. The molecule has 1 aromatic heterocycles. The van der Waals surface area contributed by atoms with Crippen LogP contribution < -0.4 is 4.74 Å². The molecule has 0 saturated heterocycles. The largest absolute Gasteiger partial charge is 0.461 e. The minimum Gasteiger partial charge on any atom is -0.461 e. The normalized spacial score (nSPS) is 10.2. The Morgan fingerprint density at radius 1 is 1.35 bits per heavy atom. The zero-order chi connectivity index (χ0) is 12.5. The van der Waals surface area contributed by atoms with Crippen LogP contribution in [-0.2, 0) is 9.47 Å². The number of hydrogen-bond acceptors (Lipinski definition) is 6. The van der Waals surface area contributed by atoms with Crippen molar-refractivity contribution in [2.45, 2.75) is 20.3 Å². The molecule has 96 valence electrons. The second-order valence-electron chi connectivity index (χ2n) is 3.18. The molecular weight excluding hydrogens is 226 g/mol. The zero-order valence-electron chi connectivity index (χ0n) is 10.1. The van der Waals surface area contributed by atoms with Crippen molar-refractivity contribution in [3.63, 3.8) is 0 Å². The first-order valence-corrected chi connectivity index (χ1v) is 5.61. The standard InChI is InChI=1S/C11H17NO5/c1-3-5-14-6-7-16-11-12-9(8-17-11)10(13)15-4-2/h8H,3-7H2,1-2H3. The third kappa shape index (κ3) is 4.86. The van der Waals surface area contributed by atoms with Crippen molar-refractivity contribution in [2.24, 2.45) is 0 Å². The van der Waals surface area contributed by atoms with E-state index in [1.54, 1.807) is 6.92 Å². The molecule has 0 aromatic carbocycles. The van der Waals surface area contributed by atoms with Crippen LogP contribution >= 0.6 is 0 Å². The highest BCUT2D eigenvalue weighted by Gasteiger charge is 2.13.